The number of rotatable bonds is 44. The molecule has 0 saturated heterocycles. The van der Waals surface area contributed by atoms with Crippen LogP contribution in [0.25, 0.3) is 0 Å². The van der Waals surface area contributed by atoms with Gasteiger partial charge in [-0.25, -0.2) is 0 Å². The van der Waals surface area contributed by atoms with Crippen LogP contribution >= 0.6 is 0 Å². The molecule has 0 bridgehead atoms. The maximum atomic E-state index is 14.3. The molecular formula is C88H142N18O16. The largest absolute Gasteiger partial charge is 0.508 e. The van der Waals surface area contributed by atoms with Crippen LogP contribution in [-0.4, -0.2) is 192 Å². The average molecular weight is 1710 g/mol. The Morgan fingerprint density at radius 3 is 0.705 bits per heavy atom. The zero-order valence-electron chi connectivity index (χ0n) is 71.8. The van der Waals surface area contributed by atoms with Crippen molar-refractivity contribution < 1.29 is 77.3 Å². The minimum atomic E-state index is -1.06. The Hall–Kier alpha value is -9.54. The molecule has 18 atom stereocenters. The third kappa shape index (κ3) is 32.9. The number of hydrogen-bond donors (Lipinski definition) is 20. The minimum absolute atomic E-state index is 0.0479. The van der Waals surface area contributed by atoms with Gasteiger partial charge in [0.1, 0.15) is 47.8 Å². The standard InChI is InChI=1S/2C44H71N9O8/c2*1-27(54)48-33-15-5-2-12-30(33)41(58)52-37(19-9-11-25-46)43(60)49-34-16-6-4-14-32(34)42(59)53-38(26-28-20-22-29(55)23-21-28)44(61)50-35-17-7-3-13-31(35)40(57)51-36(39(47)56)18-8-10-24-45/h2*20-23,30-38,55H,2-19,24-26,45-46H2,1H3,(H2,47,56)(H,48,54)(H,49,60)(H,50,61)(H,51,57)(H,52,58)(H,53,59)/t30-,31-,32-,33+,34?,35?,36+,37+,38+;30-,31-,32-,33+,34?,35?,36-,37-,38-/m00/s1. The van der Waals surface area contributed by atoms with E-state index in [0.29, 0.717) is 191 Å². The Bertz CT molecular complexity index is 3490. The Morgan fingerprint density at radius 2 is 0.484 bits per heavy atom. The summed E-state index contributed by atoms with van der Waals surface area (Å²) in [5, 5.41) is 55.4. The van der Waals surface area contributed by atoms with Crippen LogP contribution in [0, 0.1) is 35.5 Å². The van der Waals surface area contributed by atoms with Crippen molar-refractivity contribution in [3.8, 4) is 11.5 Å². The van der Waals surface area contributed by atoms with E-state index in [-0.39, 0.29) is 71.9 Å². The second-order valence-corrected chi connectivity index (χ2v) is 34.5. The van der Waals surface area contributed by atoms with Crippen molar-refractivity contribution in [1.82, 2.24) is 63.8 Å². The van der Waals surface area contributed by atoms with Gasteiger partial charge in [-0.3, -0.25) is 67.1 Å². The van der Waals surface area contributed by atoms with Gasteiger partial charge in [0.2, 0.25) is 82.7 Å². The second kappa shape index (κ2) is 52.8. The van der Waals surface area contributed by atoms with Crippen LogP contribution in [0.5, 0.6) is 11.5 Å². The Kier molecular flexibility index (Phi) is 43.1. The predicted octanol–water partition coefficient (Wildman–Crippen LogP) is 2.35. The number of phenolic OH excluding ortho intramolecular Hbond substituents is 2. The molecule has 6 fully saturated rings. The van der Waals surface area contributed by atoms with Crippen LogP contribution in [0.2, 0.25) is 0 Å². The van der Waals surface area contributed by atoms with Gasteiger partial charge in [-0.1, -0.05) is 101 Å². The topological polar surface area (TPSA) is 580 Å². The SMILES string of the molecule is CC(=O)N[C@@H]1CCCC[C@@H]1C(=O)N[C@@H](CCCCN)C(=O)NC1CCCC[C@@H]1C(=O)N[C@@H](Cc1ccc(O)cc1)C(=O)NC1CCCC[C@@H]1C(=O)N[C@@H](CCCCN)C(N)=O.CC(=O)N[C@@H]1CCCC[C@@H]1C(=O)N[C@H](CCCCN)C(=O)NC1CCCC[C@@H]1C(=O)N[C@H](Cc1ccc(O)cc1)C(=O)NC1CCCC[C@@H]1C(=O)N[C@H](CCCCN)C(N)=O. The van der Waals surface area contributed by atoms with E-state index in [1.807, 2.05) is 0 Å². The van der Waals surface area contributed by atoms with E-state index in [1.54, 1.807) is 24.3 Å². The van der Waals surface area contributed by atoms with E-state index >= 15 is 0 Å². The average Bonchev–Trinajstić information content (AvgIpc) is 0.829. The van der Waals surface area contributed by atoms with E-state index in [0.717, 1.165) is 77.0 Å². The summed E-state index contributed by atoms with van der Waals surface area (Å²) < 4.78 is 0. The number of nitrogens with two attached hydrogens (primary N) is 6. The fourth-order valence-corrected chi connectivity index (χ4v) is 18.3. The van der Waals surface area contributed by atoms with E-state index in [4.69, 9.17) is 34.4 Å². The lowest BCUT2D eigenvalue weighted by Gasteiger charge is -2.35. The van der Waals surface area contributed by atoms with Crippen LogP contribution in [0.15, 0.2) is 48.5 Å². The first kappa shape index (κ1) is 99.6. The first-order valence-electron chi connectivity index (χ1n) is 45.1. The molecule has 34 nitrogen and oxygen atoms in total. The maximum Gasteiger partial charge on any atom is 0.243 e. The van der Waals surface area contributed by atoms with Crippen molar-refractivity contribution >= 4 is 82.7 Å². The highest BCUT2D eigenvalue weighted by molar-refractivity contribution is 5.95. The predicted molar refractivity (Wildman–Crippen MR) is 460 cm³/mol. The van der Waals surface area contributed by atoms with Gasteiger partial charge >= 0.3 is 0 Å². The lowest BCUT2D eigenvalue weighted by Crippen LogP contribution is -2.59. The number of nitrogens with one attached hydrogen (secondary N) is 12. The van der Waals surface area contributed by atoms with Crippen molar-refractivity contribution in [1.29, 1.82) is 0 Å². The molecule has 26 N–H and O–H groups in total. The molecule has 0 spiro atoms. The number of amides is 14. The highest BCUT2D eigenvalue weighted by Gasteiger charge is 2.43. The molecule has 0 radical (unpaired) electrons. The summed E-state index contributed by atoms with van der Waals surface area (Å²) in [6.45, 7) is 4.62. The third-order valence-electron chi connectivity index (χ3n) is 25.1. The summed E-state index contributed by atoms with van der Waals surface area (Å²) in [6, 6.07) is 4.19. The van der Waals surface area contributed by atoms with Crippen LogP contribution in [0.1, 0.15) is 256 Å². The smallest absolute Gasteiger partial charge is 0.243 e. The van der Waals surface area contributed by atoms with E-state index in [1.165, 1.54) is 38.1 Å². The molecule has 6 aliphatic rings. The Balaban J connectivity index is 0.000000336. The fourth-order valence-electron chi connectivity index (χ4n) is 18.3. The van der Waals surface area contributed by atoms with Gasteiger partial charge in [0.15, 0.2) is 0 Å². The summed E-state index contributed by atoms with van der Waals surface area (Å²) in [5.41, 5.74) is 35.3. The van der Waals surface area contributed by atoms with Gasteiger partial charge in [0.05, 0.1) is 35.5 Å². The van der Waals surface area contributed by atoms with Crippen LogP contribution in [0.4, 0.5) is 0 Å². The number of phenols is 2. The normalized spacial score (nSPS) is 24.2. The summed E-state index contributed by atoms with van der Waals surface area (Å²) in [5.74, 6) is -9.05. The molecule has 34 heteroatoms. The molecule has 2 aromatic carbocycles. The van der Waals surface area contributed by atoms with Gasteiger partial charge < -0.3 is 108 Å². The third-order valence-corrected chi connectivity index (χ3v) is 25.1. The fraction of sp³-hybridized carbons (Fsp3) is 0.705. The Morgan fingerprint density at radius 1 is 0.287 bits per heavy atom. The maximum absolute atomic E-state index is 14.3. The molecule has 6 aliphatic carbocycles. The molecule has 0 aromatic heterocycles. The molecule has 8 rings (SSSR count). The summed E-state index contributed by atoms with van der Waals surface area (Å²) in [6.07, 6.45) is 22.8. The van der Waals surface area contributed by atoms with Gasteiger partial charge in [-0.05, 0) is 216 Å². The van der Waals surface area contributed by atoms with E-state index in [2.05, 4.69) is 63.8 Å². The highest BCUT2D eigenvalue weighted by atomic mass is 16.3. The molecule has 0 heterocycles. The summed E-state index contributed by atoms with van der Waals surface area (Å²) >= 11 is 0. The quantitative estimate of drug-likeness (QED) is 0.0423. The first-order valence-corrected chi connectivity index (χ1v) is 45.1. The van der Waals surface area contributed by atoms with Gasteiger partial charge in [0.25, 0.3) is 0 Å². The van der Waals surface area contributed by atoms with Gasteiger partial charge in [-0.2, -0.15) is 0 Å². The number of aromatic hydroxyl groups is 2. The second-order valence-electron chi connectivity index (χ2n) is 34.5. The van der Waals surface area contributed by atoms with Crippen molar-refractivity contribution in [2.24, 2.45) is 69.9 Å². The molecule has 6 saturated carbocycles. The number of primary amides is 2. The number of carbonyl (C=O) groups excluding carboxylic acids is 14. The van der Waals surface area contributed by atoms with Crippen molar-refractivity contribution in [2.75, 3.05) is 26.2 Å². The highest BCUT2D eigenvalue weighted by Crippen LogP contribution is 2.33. The molecule has 0 aliphatic heterocycles. The summed E-state index contributed by atoms with van der Waals surface area (Å²) in [4.78, 5) is 188. The number of carbonyl (C=O) groups is 14. The molecule has 4 unspecified atom stereocenters. The summed E-state index contributed by atoms with van der Waals surface area (Å²) in [7, 11) is 0. The molecule has 680 valence electrons. The number of unbranched alkanes of at least 4 members (excludes halogenated alkanes) is 4. The zero-order chi connectivity index (χ0) is 88.6. The first-order chi connectivity index (χ1) is 58.6. The van der Waals surface area contributed by atoms with Crippen molar-refractivity contribution in [3.05, 3.63) is 59.7 Å². The Labute approximate surface area is 718 Å². The monoisotopic (exact) mass is 1710 g/mol. The van der Waals surface area contributed by atoms with Crippen LogP contribution < -0.4 is 98.2 Å². The van der Waals surface area contributed by atoms with Crippen LogP contribution in [-0.2, 0) is 80.0 Å². The lowest BCUT2D eigenvalue weighted by atomic mass is 9.82. The minimum Gasteiger partial charge on any atom is -0.508 e. The van der Waals surface area contributed by atoms with E-state index < -0.39 is 143 Å². The van der Waals surface area contributed by atoms with Crippen molar-refractivity contribution in [3.63, 3.8) is 0 Å². The van der Waals surface area contributed by atoms with Crippen LogP contribution in [0.3, 0.4) is 0 Å². The molecule has 122 heavy (non-hydrogen) atoms. The molecule has 2 aromatic rings. The number of hydrogen-bond acceptors (Lipinski definition) is 20. The zero-order valence-corrected chi connectivity index (χ0v) is 71.8. The molecule has 14 amide bonds. The molecular weight excluding hydrogens is 1570 g/mol. The van der Waals surface area contributed by atoms with Crippen molar-refractivity contribution in [2.45, 2.75) is 330 Å². The van der Waals surface area contributed by atoms with Gasteiger partial charge in [-0.15, -0.1) is 0 Å². The lowest BCUT2D eigenvalue weighted by molar-refractivity contribution is -0.136. The van der Waals surface area contributed by atoms with E-state index in [9.17, 15) is 77.3 Å². The van der Waals surface area contributed by atoms with Gasteiger partial charge in [0, 0.05) is 62.9 Å². The number of benzene rings is 2.